The Kier molecular flexibility index (Phi) is 6.18. The van der Waals surface area contributed by atoms with Crippen LogP contribution in [0, 0.1) is 11.3 Å². The molecule has 190 valence electrons. The van der Waals surface area contributed by atoms with Gasteiger partial charge in [-0.1, -0.05) is 42.5 Å². The molecule has 37 heavy (non-hydrogen) atoms. The summed E-state index contributed by atoms with van der Waals surface area (Å²) in [7, 11) is -1.24. The Morgan fingerprint density at radius 1 is 0.865 bits per heavy atom. The quantitative estimate of drug-likeness (QED) is 0.486. The Balaban J connectivity index is 1.84. The fraction of sp³-hybridized carbons (Fsp3) is 0.286. The van der Waals surface area contributed by atoms with E-state index in [1.54, 1.807) is 78.8 Å². The molecular weight excluding hydrogens is 490 g/mol. The highest BCUT2D eigenvalue weighted by molar-refractivity contribution is 7.93. The molecule has 9 heteroatoms. The van der Waals surface area contributed by atoms with Crippen LogP contribution >= 0.6 is 0 Å². The number of benzene rings is 3. The lowest BCUT2D eigenvalue weighted by molar-refractivity contribution is -0.139. The number of carbonyl (C=O) groups excluding carboxylic acids is 1. The molecule has 2 heterocycles. The summed E-state index contributed by atoms with van der Waals surface area (Å²) in [6, 6.07) is 21.7. The number of nitriles is 1. The number of hydrazine groups is 1. The van der Waals surface area contributed by atoms with Crippen molar-refractivity contribution in [2.75, 3.05) is 14.2 Å². The molecular formula is C28H27N3O5S. The van der Waals surface area contributed by atoms with Gasteiger partial charge in [0.2, 0.25) is 20.5 Å². The summed E-state index contributed by atoms with van der Waals surface area (Å²) in [6.45, 7) is 1.88. The van der Waals surface area contributed by atoms with Crippen molar-refractivity contribution in [3.63, 3.8) is 0 Å². The van der Waals surface area contributed by atoms with Gasteiger partial charge in [0.1, 0.15) is 17.5 Å². The van der Waals surface area contributed by atoms with E-state index in [1.165, 1.54) is 24.3 Å². The number of fused-ring (bicyclic) bond motifs is 1. The minimum absolute atomic E-state index is 0.0241. The molecule has 2 aliphatic heterocycles. The number of methoxy groups -OCH3 is 2. The van der Waals surface area contributed by atoms with Gasteiger partial charge in [-0.05, 0) is 54.4 Å². The maximum Gasteiger partial charge on any atom is 0.239 e. The summed E-state index contributed by atoms with van der Waals surface area (Å²) in [5.41, 5.74) is 1.13. The Labute approximate surface area is 216 Å². The lowest BCUT2D eigenvalue weighted by Crippen LogP contribution is -2.48. The van der Waals surface area contributed by atoms with E-state index in [1.807, 2.05) is 6.92 Å². The smallest absolute Gasteiger partial charge is 0.239 e. The molecule has 8 nitrogen and oxygen atoms in total. The van der Waals surface area contributed by atoms with E-state index in [2.05, 4.69) is 6.07 Å². The first kappa shape index (κ1) is 24.8. The van der Waals surface area contributed by atoms with Gasteiger partial charge in [-0.2, -0.15) is 5.26 Å². The third-order valence-corrected chi connectivity index (χ3v) is 9.60. The standard InChI is InChI=1S/C28H27N3O5S/c1-19-17-25(32)31-27(21-11-15-23(36-3)16-12-21)28(18-29,37(33,34)24-7-5-4-6-8-24)26(30(19)31)20-9-13-22(35-2)14-10-20/h4-16,19,26-27H,17H2,1-3H3/t19-,26-,27+,28-/m0/s1. The molecule has 2 fully saturated rings. The highest BCUT2D eigenvalue weighted by atomic mass is 32.2. The summed E-state index contributed by atoms with van der Waals surface area (Å²) in [6.07, 6.45) is 0.214. The Bertz CT molecular complexity index is 1450. The molecule has 0 N–H and O–H groups in total. The van der Waals surface area contributed by atoms with Crippen molar-refractivity contribution in [2.45, 2.75) is 41.1 Å². The minimum Gasteiger partial charge on any atom is -0.497 e. The third kappa shape index (κ3) is 3.59. The van der Waals surface area contributed by atoms with Crippen molar-refractivity contribution in [1.29, 1.82) is 5.26 Å². The highest BCUT2D eigenvalue weighted by Gasteiger charge is 2.71. The molecule has 0 spiro atoms. The van der Waals surface area contributed by atoms with Gasteiger partial charge in [0, 0.05) is 12.5 Å². The molecule has 2 saturated heterocycles. The van der Waals surface area contributed by atoms with Crippen LogP contribution < -0.4 is 9.47 Å². The molecule has 4 atom stereocenters. The Morgan fingerprint density at radius 3 is 1.86 bits per heavy atom. The normalized spacial score (nSPS) is 25.5. The molecule has 0 bridgehead atoms. The number of hydrogen-bond acceptors (Lipinski definition) is 7. The number of nitrogens with zero attached hydrogens (tertiary/aromatic N) is 3. The van der Waals surface area contributed by atoms with Gasteiger partial charge < -0.3 is 9.47 Å². The SMILES string of the molecule is COc1ccc([C@@H]2N3[C@@H](C)CC(=O)N3[C@H](c3ccc(OC)cc3)[C@@]2(C#N)S(=O)(=O)c2ccccc2)cc1. The van der Waals surface area contributed by atoms with E-state index in [0.717, 1.165) is 0 Å². The maximum atomic E-state index is 14.6. The van der Waals surface area contributed by atoms with Crippen LogP contribution in [0.4, 0.5) is 0 Å². The molecule has 0 unspecified atom stereocenters. The highest BCUT2D eigenvalue weighted by Crippen LogP contribution is 2.59. The minimum atomic E-state index is -4.32. The summed E-state index contributed by atoms with van der Waals surface area (Å²) < 4.78 is 37.8. The molecule has 0 radical (unpaired) electrons. The van der Waals surface area contributed by atoms with Gasteiger partial charge in [0.25, 0.3) is 0 Å². The number of sulfone groups is 1. The van der Waals surface area contributed by atoms with Crippen molar-refractivity contribution in [2.24, 2.45) is 0 Å². The zero-order valence-corrected chi connectivity index (χ0v) is 21.6. The van der Waals surface area contributed by atoms with Crippen LogP contribution in [-0.2, 0) is 14.6 Å². The van der Waals surface area contributed by atoms with Crippen molar-refractivity contribution in [1.82, 2.24) is 10.0 Å². The second-order valence-electron chi connectivity index (χ2n) is 9.24. The van der Waals surface area contributed by atoms with Gasteiger partial charge in [-0.3, -0.25) is 9.80 Å². The van der Waals surface area contributed by atoms with Crippen LogP contribution in [0.15, 0.2) is 83.8 Å². The Morgan fingerprint density at radius 2 is 1.38 bits per heavy atom. The molecule has 0 saturated carbocycles. The molecule has 3 aromatic rings. The second kappa shape index (κ2) is 9.21. The van der Waals surface area contributed by atoms with Crippen molar-refractivity contribution >= 4 is 15.7 Å². The first-order valence-corrected chi connectivity index (χ1v) is 13.4. The van der Waals surface area contributed by atoms with Crippen LogP contribution in [0.2, 0.25) is 0 Å². The fourth-order valence-electron chi connectivity index (χ4n) is 5.60. The predicted molar refractivity (Wildman–Crippen MR) is 136 cm³/mol. The van der Waals surface area contributed by atoms with Crippen LogP contribution in [0.5, 0.6) is 11.5 Å². The summed E-state index contributed by atoms with van der Waals surface area (Å²) in [5, 5.41) is 14.2. The van der Waals surface area contributed by atoms with E-state index in [9.17, 15) is 18.5 Å². The number of carbonyl (C=O) groups is 1. The third-order valence-electron chi connectivity index (χ3n) is 7.28. The van der Waals surface area contributed by atoms with E-state index in [-0.39, 0.29) is 23.3 Å². The molecule has 2 aliphatic rings. The van der Waals surface area contributed by atoms with Crippen molar-refractivity contribution in [3.05, 3.63) is 90.0 Å². The fourth-order valence-corrected chi connectivity index (χ4v) is 7.69. The second-order valence-corrected chi connectivity index (χ2v) is 11.4. The number of amides is 1. The van der Waals surface area contributed by atoms with Crippen molar-refractivity contribution in [3.8, 4) is 17.6 Å². The lowest BCUT2D eigenvalue weighted by atomic mass is 9.84. The van der Waals surface area contributed by atoms with Gasteiger partial charge in [-0.15, -0.1) is 0 Å². The topological polar surface area (TPSA) is 99.9 Å². The van der Waals surface area contributed by atoms with Gasteiger partial charge in [0.15, 0.2) is 0 Å². The zero-order valence-electron chi connectivity index (χ0n) is 20.7. The van der Waals surface area contributed by atoms with Crippen molar-refractivity contribution < 1.29 is 22.7 Å². The largest absolute Gasteiger partial charge is 0.497 e. The maximum absolute atomic E-state index is 14.6. The van der Waals surface area contributed by atoms with Crippen LogP contribution in [0.3, 0.4) is 0 Å². The Hall–Kier alpha value is -3.87. The lowest BCUT2D eigenvalue weighted by Gasteiger charge is -2.34. The molecule has 5 rings (SSSR count). The summed E-state index contributed by atoms with van der Waals surface area (Å²) >= 11 is 0. The average Bonchev–Trinajstić information content (AvgIpc) is 3.41. The van der Waals surface area contributed by atoms with Crippen LogP contribution in [0.1, 0.15) is 36.6 Å². The van der Waals surface area contributed by atoms with E-state index in [4.69, 9.17) is 9.47 Å². The molecule has 0 aliphatic carbocycles. The molecule has 1 amide bonds. The van der Waals surface area contributed by atoms with Gasteiger partial charge >= 0.3 is 0 Å². The van der Waals surface area contributed by atoms with E-state index < -0.39 is 26.7 Å². The summed E-state index contributed by atoms with van der Waals surface area (Å²) in [5.74, 6) is 0.955. The first-order chi connectivity index (χ1) is 17.8. The van der Waals surface area contributed by atoms with Gasteiger partial charge in [-0.25, -0.2) is 13.4 Å². The van der Waals surface area contributed by atoms with Crippen LogP contribution in [-0.4, -0.2) is 49.4 Å². The zero-order chi connectivity index (χ0) is 26.4. The average molecular weight is 518 g/mol. The first-order valence-electron chi connectivity index (χ1n) is 11.9. The van der Waals surface area contributed by atoms with E-state index in [0.29, 0.717) is 22.6 Å². The monoisotopic (exact) mass is 517 g/mol. The van der Waals surface area contributed by atoms with E-state index >= 15 is 0 Å². The number of ether oxygens (including phenoxy) is 2. The number of hydrogen-bond donors (Lipinski definition) is 0. The van der Waals surface area contributed by atoms with Crippen LogP contribution in [0.25, 0.3) is 0 Å². The molecule has 3 aromatic carbocycles. The van der Waals surface area contributed by atoms with Gasteiger partial charge in [0.05, 0.1) is 31.2 Å². The molecule has 0 aromatic heterocycles. The summed E-state index contributed by atoms with van der Waals surface area (Å²) in [4.78, 5) is 13.5. The predicted octanol–water partition coefficient (Wildman–Crippen LogP) is 4.07. The number of rotatable bonds is 6.